The van der Waals surface area contributed by atoms with Crippen LogP contribution in [0.2, 0.25) is 0 Å². The van der Waals surface area contributed by atoms with Crippen molar-refractivity contribution in [2.24, 2.45) is 7.05 Å². The van der Waals surface area contributed by atoms with Gasteiger partial charge in [-0.3, -0.25) is 14.5 Å². The summed E-state index contributed by atoms with van der Waals surface area (Å²) >= 11 is 2.45. The van der Waals surface area contributed by atoms with Crippen molar-refractivity contribution in [3.8, 4) is 0 Å². The fourth-order valence-electron chi connectivity index (χ4n) is 2.71. The van der Waals surface area contributed by atoms with Gasteiger partial charge in [0, 0.05) is 17.7 Å². The fourth-order valence-corrected chi connectivity index (χ4v) is 5.09. The maximum atomic E-state index is 12.6. The SMILES string of the molecule is Cn1nnnc1SC1=C(C(=O)O)N2C(=O)[C@@H](NC(=O)Cn3cnnn3)[C@H]2SC1. The van der Waals surface area contributed by atoms with E-state index in [4.69, 9.17) is 0 Å². The Hall–Kier alpha value is -3.01. The number of tetrazole rings is 2. The predicted molar refractivity (Wildman–Crippen MR) is 92.2 cm³/mol. The first-order valence-electron chi connectivity index (χ1n) is 7.77. The molecule has 2 amide bonds. The number of hydrogen-bond donors (Lipinski definition) is 2. The van der Waals surface area contributed by atoms with Crippen molar-refractivity contribution in [2.75, 3.05) is 5.75 Å². The Bertz CT molecular complexity index is 973. The number of hydrogen-bond acceptors (Lipinski definition) is 11. The quantitative estimate of drug-likeness (QED) is 0.475. The summed E-state index contributed by atoms with van der Waals surface area (Å²) in [7, 11) is 1.63. The first kappa shape index (κ1) is 18.4. The Morgan fingerprint density at radius 2 is 2.21 bits per heavy atom. The van der Waals surface area contributed by atoms with Crippen LogP contribution in [0.3, 0.4) is 0 Å². The largest absolute Gasteiger partial charge is 0.477 e. The number of rotatable bonds is 6. The second kappa shape index (κ2) is 7.19. The van der Waals surface area contributed by atoms with Crippen molar-refractivity contribution in [2.45, 2.75) is 23.1 Å². The van der Waals surface area contributed by atoms with Gasteiger partial charge in [-0.25, -0.2) is 14.2 Å². The number of β-lactam (4-membered cyclic amide) rings is 1. The molecule has 1 saturated heterocycles. The normalized spacial score (nSPS) is 21.3. The molecule has 0 spiro atoms. The number of carboxylic acid groups (broad SMARTS) is 1. The van der Waals surface area contributed by atoms with E-state index in [2.05, 4.69) is 36.4 Å². The molecule has 28 heavy (non-hydrogen) atoms. The number of aryl methyl sites for hydroxylation is 1. The van der Waals surface area contributed by atoms with E-state index in [0.29, 0.717) is 15.8 Å². The van der Waals surface area contributed by atoms with E-state index in [1.54, 1.807) is 7.05 Å². The highest BCUT2D eigenvalue weighted by Crippen LogP contribution is 2.44. The van der Waals surface area contributed by atoms with Crippen molar-refractivity contribution in [3.63, 3.8) is 0 Å². The zero-order valence-corrected chi connectivity index (χ0v) is 15.8. The molecular weight excluding hydrogens is 412 g/mol. The van der Waals surface area contributed by atoms with Crippen LogP contribution in [-0.2, 0) is 28.0 Å². The summed E-state index contributed by atoms with van der Waals surface area (Å²) < 4.78 is 2.63. The fraction of sp³-hybridized carbons (Fsp3) is 0.417. The van der Waals surface area contributed by atoms with Gasteiger partial charge in [0.25, 0.3) is 5.91 Å². The summed E-state index contributed by atoms with van der Waals surface area (Å²) in [6.45, 7) is -0.143. The number of thioether (sulfide) groups is 2. The summed E-state index contributed by atoms with van der Waals surface area (Å²) in [6.07, 6.45) is 1.28. The number of nitrogens with one attached hydrogen (secondary N) is 1. The number of carbonyl (C=O) groups is 3. The summed E-state index contributed by atoms with van der Waals surface area (Å²) in [5, 5.41) is 33.6. The highest BCUT2D eigenvalue weighted by molar-refractivity contribution is 8.06. The standard InChI is InChI=1S/C12H12N10O4S2/c1-20-12(15-17-18-20)28-5-3-27-10-7(9(24)22(10)8(5)11(25)26)14-6(23)2-21-4-13-16-19-21/h4,7,10H,2-3H2,1H3,(H,14,23)(H,25,26)/t7-,10-/m1/s1. The lowest BCUT2D eigenvalue weighted by molar-refractivity contribution is -0.150. The number of fused-ring (bicyclic) bond motifs is 1. The van der Waals surface area contributed by atoms with E-state index in [1.807, 2.05) is 0 Å². The van der Waals surface area contributed by atoms with Crippen molar-refractivity contribution >= 4 is 41.3 Å². The second-order valence-corrected chi connectivity index (χ2v) is 7.89. The van der Waals surface area contributed by atoms with Crippen LogP contribution in [-0.4, -0.2) is 85.4 Å². The molecule has 2 aromatic rings. The summed E-state index contributed by atoms with van der Waals surface area (Å²) in [5.74, 6) is -1.83. The van der Waals surface area contributed by atoms with Gasteiger partial charge in [0.1, 0.15) is 30.0 Å². The average Bonchev–Trinajstić information content (AvgIpc) is 3.31. The minimum absolute atomic E-state index is 0.118. The van der Waals surface area contributed by atoms with Crippen LogP contribution in [0.5, 0.6) is 0 Å². The molecule has 2 aliphatic rings. The molecule has 146 valence electrons. The van der Waals surface area contributed by atoms with Gasteiger partial charge in [0.05, 0.1) is 0 Å². The molecule has 2 atom stereocenters. The first-order valence-corrected chi connectivity index (χ1v) is 9.63. The molecule has 0 saturated carbocycles. The number of amides is 2. The first-order chi connectivity index (χ1) is 13.5. The lowest BCUT2D eigenvalue weighted by Crippen LogP contribution is -2.70. The van der Waals surface area contributed by atoms with Gasteiger partial charge in [-0.1, -0.05) is 0 Å². The Morgan fingerprint density at radius 3 is 2.86 bits per heavy atom. The van der Waals surface area contributed by atoms with Crippen LogP contribution in [0, 0.1) is 0 Å². The molecule has 2 N–H and O–H groups in total. The summed E-state index contributed by atoms with van der Waals surface area (Å²) in [4.78, 5) is 38.1. The smallest absolute Gasteiger partial charge is 0.353 e. The van der Waals surface area contributed by atoms with Crippen LogP contribution in [0.15, 0.2) is 22.1 Å². The number of nitrogens with zero attached hydrogens (tertiary/aromatic N) is 9. The molecule has 4 heterocycles. The lowest BCUT2D eigenvalue weighted by atomic mass is 10.1. The molecule has 0 radical (unpaired) electrons. The van der Waals surface area contributed by atoms with Crippen molar-refractivity contribution in [1.82, 2.24) is 50.6 Å². The van der Waals surface area contributed by atoms with E-state index in [-0.39, 0.29) is 12.2 Å². The molecule has 16 heteroatoms. The van der Waals surface area contributed by atoms with Crippen molar-refractivity contribution in [1.29, 1.82) is 0 Å². The van der Waals surface area contributed by atoms with Crippen molar-refractivity contribution < 1.29 is 19.5 Å². The van der Waals surface area contributed by atoms with E-state index < -0.39 is 29.2 Å². The third-order valence-corrected chi connectivity index (χ3v) is 6.52. The highest BCUT2D eigenvalue weighted by Gasteiger charge is 2.54. The van der Waals surface area contributed by atoms with E-state index >= 15 is 0 Å². The van der Waals surface area contributed by atoms with Crippen LogP contribution in [0.4, 0.5) is 0 Å². The topological polar surface area (TPSA) is 174 Å². The Kier molecular flexibility index (Phi) is 4.71. The van der Waals surface area contributed by atoms with Crippen LogP contribution in [0.25, 0.3) is 0 Å². The third kappa shape index (κ3) is 3.19. The third-order valence-electron chi connectivity index (χ3n) is 3.95. The molecule has 2 aromatic heterocycles. The van der Waals surface area contributed by atoms with Crippen LogP contribution >= 0.6 is 23.5 Å². The van der Waals surface area contributed by atoms with E-state index in [9.17, 15) is 19.5 Å². The molecule has 14 nitrogen and oxygen atoms in total. The molecule has 0 aliphatic carbocycles. The monoisotopic (exact) mass is 424 g/mol. The van der Waals surface area contributed by atoms with E-state index in [0.717, 1.165) is 11.8 Å². The maximum absolute atomic E-state index is 12.6. The van der Waals surface area contributed by atoms with E-state index in [1.165, 1.54) is 32.4 Å². The number of aromatic nitrogens is 8. The van der Waals surface area contributed by atoms with Crippen molar-refractivity contribution in [3.05, 3.63) is 16.9 Å². The Morgan fingerprint density at radius 1 is 1.39 bits per heavy atom. The second-order valence-electron chi connectivity index (χ2n) is 5.73. The average molecular weight is 424 g/mol. The van der Waals surface area contributed by atoms with Gasteiger partial charge >= 0.3 is 5.97 Å². The number of carboxylic acids is 1. The van der Waals surface area contributed by atoms with Gasteiger partial charge in [0.15, 0.2) is 0 Å². The molecule has 2 aliphatic heterocycles. The predicted octanol–water partition coefficient (Wildman–Crippen LogP) is -2.31. The van der Waals surface area contributed by atoms with Gasteiger partial charge in [0.2, 0.25) is 11.1 Å². The van der Waals surface area contributed by atoms with Crippen LogP contribution in [0.1, 0.15) is 0 Å². The zero-order chi connectivity index (χ0) is 19.8. The Labute approximate surface area is 164 Å². The number of aliphatic carboxylic acids is 1. The van der Waals surface area contributed by atoms with Crippen LogP contribution < -0.4 is 5.32 Å². The molecule has 4 rings (SSSR count). The van der Waals surface area contributed by atoms with Gasteiger partial charge in [-0.15, -0.1) is 22.0 Å². The molecule has 0 aromatic carbocycles. The summed E-state index contributed by atoms with van der Waals surface area (Å²) in [5.41, 5.74) is -0.118. The Balaban J connectivity index is 1.50. The minimum Gasteiger partial charge on any atom is -0.477 e. The summed E-state index contributed by atoms with van der Waals surface area (Å²) in [6, 6.07) is -0.814. The zero-order valence-electron chi connectivity index (χ0n) is 14.2. The van der Waals surface area contributed by atoms with Gasteiger partial charge in [-0.2, -0.15) is 0 Å². The maximum Gasteiger partial charge on any atom is 0.353 e. The number of carbonyl (C=O) groups excluding carboxylic acids is 2. The molecule has 1 fully saturated rings. The molecular formula is C12H12N10O4S2. The highest BCUT2D eigenvalue weighted by atomic mass is 32.2. The lowest BCUT2D eigenvalue weighted by Gasteiger charge is -2.49. The minimum atomic E-state index is -1.23. The van der Waals surface area contributed by atoms with Gasteiger partial charge in [-0.05, 0) is 32.6 Å². The molecule has 0 unspecified atom stereocenters. The van der Waals surface area contributed by atoms with Gasteiger partial charge < -0.3 is 10.4 Å². The molecule has 0 bridgehead atoms.